The summed E-state index contributed by atoms with van der Waals surface area (Å²) < 4.78 is 5.23. The zero-order valence-corrected chi connectivity index (χ0v) is 13.1. The minimum absolute atomic E-state index is 0.698. The first-order valence-electron chi connectivity index (χ1n) is 8.02. The van der Waals surface area contributed by atoms with Gasteiger partial charge in [0.15, 0.2) is 0 Å². The van der Waals surface area contributed by atoms with E-state index in [9.17, 15) is 0 Å². The van der Waals surface area contributed by atoms with Crippen LogP contribution in [-0.4, -0.2) is 30.2 Å². The normalized spacial score (nSPS) is 18.7. The molecule has 22 heavy (non-hydrogen) atoms. The molecule has 1 aliphatic rings. The van der Waals surface area contributed by atoms with Crippen molar-refractivity contribution in [2.75, 3.05) is 20.2 Å². The van der Waals surface area contributed by atoms with Crippen molar-refractivity contribution in [1.29, 1.82) is 0 Å². The molecule has 4 nitrogen and oxygen atoms in total. The highest BCUT2D eigenvalue weighted by atomic mass is 16.5. The van der Waals surface area contributed by atoms with E-state index in [0.717, 1.165) is 42.2 Å². The van der Waals surface area contributed by atoms with Crippen LogP contribution in [0.4, 0.5) is 0 Å². The smallest absolute Gasteiger partial charge is 0.118 e. The van der Waals surface area contributed by atoms with Gasteiger partial charge in [-0.3, -0.25) is 9.97 Å². The molecular weight excluding hydrogens is 274 g/mol. The van der Waals surface area contributed by atoms with Gasteiger partial charge in [-0.1, -0.05) is 0 Å². The molecule has 2 aromatic rings. The van der Waals surface area contributed by atoms with Gasteiger partial charge in [0.1, 0.15) is 5.75 Å². The molecule has 0 spiro atoms. The average molecular weight is 297 g/mol. The summed E-state index contributed by atoms with van der Waals surface area (Å²) in [5.74, 6) is 1.56. The molecule has 0 unspecified atom stereocenters. The van der Waals surface area contributed by atoms with Crippen LogP contribution in [-0.2, 0) is 6.42 Å². The molecule has 0 bridgehead atoms. The third kappa shape index (κ3) is 3.63. The highest BCUT2D eigenvalue weighted by molar-refractivity contribution is 5.62. The van der Waals surface area contributed by atoms with Crippen LogP contribution >= 0.6 is 0 Å². The van der Waals surface area contributed by atoms with Gasteiger partial charge in [-0.2, -0.15) is 0 Å². The first-order valence-corrected chi connectivity index (χ1v) is 8.02. The number of nitrogens with one attached hydrogen (secondary N) is 1. The molecular formula is C18H23N3O. The lowest BCUT2D eigenvalue weighted by molar-refractivity contribution is 0.415. The maximum absolute atomic E-state index is 5.23. The van der Waals surface area contributed by atoms with Crippen molar-refractivity contribution in [3.8, 4) is 17.0 Å². The second-order valence-corrected chi connectivity index (χ2v) is 5.83. The van der Waals surface area contributed by atoms with Gasteiger partial charge in [0.05, 0.1) is 18.5 Å². The molecule has 2 heterocycles. The van der Waals surface area contributed by atoms with E-state index in [1.165, 1.54) is 19.3 Å². The lowest BCUT2D eigenvalue weighted by Crippen LogP contribution is -2.15. The molecule has 0 saturated carbocycles. The third-order valence-corrected chi connectivity index (χ3v) is 4.31. The topological polar surface area (TPSA) is 47.0 Å². The highest BCUT2D eigenvalue weighted by Crippen LogP contribution is 2.26. The van der Waals surface area contributed by atoms with E-state index < -0.39 is 0 Å². The summed E-state index contributed by atoms with van der Waals surface area (Å²) in [5, 5.41) is 3.47. The summed E-state index contributed by atoms with van der Waals surface area (Å²) in [6, 6.07) is 8.06. The second-order valence-electron chi connectivity index (χ2n) is 5.83. The van der Waals surface area contributed by atoms with Crippen molar-refractivity contribution < 1.29 is 4.74 Å². The van der Waals surface area contributed by atoms with Crippen LogP contribution in [0.25, 0.3) is 11.3 Å². The monoisotopic (exact) mass is 297 g/mol. The molecule has 0 radical (unpaired) electrons. The summed E-state index contributed by atoms with van der Waals surface area (Å²) in [6.07, 6.45) is 8.33. The quantitative estimate of drug-likeness (QED) is 0.942. The Morgan fingerprint density at radius 1 is 1.09 bits per heavy atom. The maximum atomic E-state index is 5.23. The van der Waals surface area contributed by atoms with E-state index in [1.807, 2.05) is 12.1 Å². The predicted octanol–water partition coefficient (Wildman–Crippen LogP) is 3.08. The van der Waals surface area contributed by atoms with E-state index in [2.05, 4.69) is 27.4 Å². The number of rotatable bonds is 4. The Bertz CT molecular complexity index is 590. The van der Waals surface area contributed by atoms with Crippen LogP contribution in [0.2, 0.25) is 0 Å². The molecule has 116 valence electrons. The molecule has 1 saturated heterocycles. The molecule has 0 aliphatic carbocycles. The molecule has 0 amide bonds. The van der Waals surface area contributed by atoms with Gasteiger partial charge in [-0.15, -0.1) is 0 Å². The lowest BCUT2D eigenvalue weighted by Gasteiger charge is -2.15. The number of benzene rings is 1. The Morgan fingerprint density at radius 3 is 2.73 bits per heavy atom. The molecule has 1 fully saturated rings. The third-order valence-electron chi connectivity index (χ3n) is 4.31. The van der Waals surface area contributed by atoms with Crippen molar-refractivity contribution in [2.45, 2.75) is 25.7 Å². The Hall–Kier alpha value is -1.94. The Balaban J connectivity index is 1.82. The predicted molar refractivity (Wildman–Crippen MR) is 87.9 cm³/mol. The minimum Gasteiger partial charge on any atom is -0.497 e. The van der Waals surface area contributed by atoms with Crippen molar-refractivity contribution in [2.24, 2.45) is 5.92 Å². The van der Waals surface area contributed by atoms with Gasteiger partial charge in [0.25, 0.3) is 0 Å². The summed E-state index contributed by atoms with van der Waals surface area (Å²) in [5.41, 5.74) is 3.22. The molecule has 1 aliphatic heterocycles. The van der Waals surface area contributed by atoms with Crippen molar-refractivity contribution in [3.05, 3.63) is 42.4 Å². The molecule has 1 N–H and O–H groups in total. The first kappa shape index (κ1) is 15.0. The van der Waals surface area contributed by atoms with Crippen LogP contribution in [0, 0.1) is 5.92 Å². The van der Waals surface area contributed by atoms with Gasteiger partial charge in [0.2, 0.25) is 0 Å². The van der Waals surface area contributed by atoms with Crippen LogP contribution in [0.3, 0.4) is 0 Å². The fourth-order valence-corrected chi connectivity index (χ4v) is 3.08. The molecule has 1 aromatic carbocycles. The van der Waals surface area contributed by atoms with E-state index in [-0.39, 0.29) is 0 Å². The summed E-state index contributed by atoms with van der Waals surface area (Å²) in [7, 11) is 1.68. The van der Waals surface area contributed by atoms with Gasteiger partial charge in [0, 0.05) is 18.0 Å². The number of hydrogen-bond donors (Lipinski definition) is 1. The average Bonchev–Trinajstić information content (AvgIpc) is 2.84. The van der Waals surface area contributed by atoms with Crippen LogP contribution in [0.15, 0.2) is 36.7 Å². The number of nitrogens with zero attached hydrogens (tertiary/aromatic N) is 2. The van der Waals surface area contributed by atoms with Crippen molar-refractivity contribution in [1.82, 2.24) is 15.3 Å². The first-order chi connectivity index (χ1) is 10.9. The van der Waals surface area contributed by atoms with E-state index >= 15 is 0 Å². The SMILES string of the molecule is COc1ccc(-c2nccnc2C[C@H]2CCCNCC2)cc1. The number of ether oxygens (including phenoxy) is 1. The zero-order chi connectivity index (χ0) is 15.2. The fourth-order valence-electron chi connectivity index (χ4n) is 3.08. The lowest BCUT2D eigenvalue weighted by atomic mass is 9.93. The standard InChI is InChI=1S/C18H23N3O/c1-22-16-6-4-15(5-7-16)18-17(20-11-12-21-18)13-14-3-2-9-19-10-8-14/h4-7,11-12,14,19H,2-3,8-10,13H2,1H3/t14-/m0/s1. The molecule has 1 atom stereocenters. The summed E-state index contributed by atoms with van der Waals surface area (Å²) in [4.78, 5) is 9.18. The van der Waals surface area contributed by atoms with Crippen molar-refractivity contribution >= 4 is 0 Å². The maximum Gasteiger partial charge on any atom is 0.118 e. The zero-order valence-electron chi connectivity index (χ0n) is 13.1. The Labute approximate surface area is 132 Å². The molecule has 4 heteroatoms. The van der Waals surface area contributed by atoms with Gasteiger partial charge in [-0.05, 0) is 69.0 Å². The number of hydrogen-bond acceptors (Lipinski definition) is 4. The highest BCUT2D eigenvalue weighted by Gasteiger charge is 2.16. The largest absolute Gasteiger partial charge is 0.497 e. The number of aromatic nitrogens is 2. The number of methoxy groups -OCH3 is 1. The fraction of sp³-hybridized carbons (Fsp3) is 0.444. The Kier molecular flexibility index (Phi) is 5.01. The van der Waals surface area contributed by atoms with Gasteiger partial charge in [-0.25, -0.2) is 0 Å². The van der Waals surface area contributed by atoms with Crippen molar-refractivity contribution in [3.63, 3.8) is 0 Å². The van der Waals surface area contributed by atoms with E-state index in [4.69, 9.17) is 4.74 Å². The summed E-state index contributed by atoms with van der Waals surface area (Å²) in [6.45, 7) is 2.26. The second kappa shape index (κ2) is 7.36. The van der Waals surface area contributed by atoms with Gasteiger partial charge < -0.3 is 10.1 Å². The summed E-state index contributed by atoms with van der Waals surface area (Å²) >= 11 is 0. The van der Waals surface area contributed by atoms with Crippen LogP contribution in [0.5, 0.6) is 5.75 Å². The van der Waals surface area contributed by atoms with E-state index in [1.54, 1.807) is 19.5 Å². The van der Waals surface area contributed by atoms with Gasteiger partial charge >= 0.3 is 0 Å². The minimum atomic E-state index is 0.698. The Morgan fingerprint density at radius 2 is 1.91 bits per heavy atom. The van der Waals surface area contributed by atoms with E-state index in [0.29, 0.717) is 5.92 Å². The van der Waals surface area contributed by atoms with Crippen LogP contribution < -0.4 is 10.1 Å². The molecule has 1 aromatic heterocycles. The molecule has 3 rings (SSSR count). The van der Waals surface area contributed by atoms with Crippen LogP contribution in [0.1, 0.15) is 25.0 Å².